The maximum atomic E-state index is 11.5. The molecular formula is C16H15ClN4O. The average molecular weight is 315 g/mol. The number of rotatable bonds is 4. The van der Waals surface area contributed by atoms with Crippen molar-refractivity contribution in [3.05, 3.63) is 47.7 Å². The Bertz CT molecular complexity index is 828. The molecule has 0 aliphatic carbocycles. The lowest BCUT2D eigenvalue weighted by Crippen LogP contribution is -2.09. The van der Waals surface area contributed by atoms with E-state index >= 15 is 0 Å². The zero-order chi connectivity index (χ0) is 15.5. The molecule has 3 aromatic rings. The molecular weight excluding hydrogens is 300 g/mol. The van der Waals surface area contributed by atoms with Gasteiger partial charge in [0.05, 0.1) is 16.9 Å². The van der Waals surface area contributed by atoms with Gasteiger partial charge in [-0.25, -0.2) is 4.98 Å². The predicted molar refractivity (Wildman–Crippen MR) is 89.7 cm³/mol. The first-order chi connectivity index (χ1) is 10.7. The molecule has 0 radical (unpaired) electrons. The SMILES string of the molecule is CCC(=O)Nc1cccc(Nc2c(Cl)cnc3[nH]ccc23)c1. The highest BCUT2D eigenvalue weighted by Gasteiger charge is 2.09. The number of H-pyrrole nitrogens is 1. The first-order valence-corrected chi connectivity index (χ1v) is 7.33. The molecule has 1 aromatic carbocycles. The van der Waals surface area contributed by atoms with E-state index in [9.17, 15) is 4.79 Å². The maximum Gasteiger partial charge on any atom is 0.224 e. The van der Waals surface area contributed by atoms with Gasteiger partial charge in [0.15, 0.2) is 0 Å². The Hall–Kier alpha value is -2.53. The van der Waals surface area contributed by atoms with Crippen molar-refractivity contribution in [2.24, 2.45) is 0 Å². The molecule has 0 spiro atoms. The van der Waals surface area contributed by atoms with Crippen molar-refractivity contribution in [1.29, 1.82) is 0 Å². The van der Waals surface area contributed by atoms with E-state index < -0.39 is 0 Å². The highest BCUT2D eigenvalue weighted by Crippen LogP contribution is 2.32. The number of nitrogens with zero attached hydrogens (tertiary/aromatic N) is 1. The number of aromatic amines is 1. The minimum atomic E-state index is -0.0212. The summed E-state index contributed by atoms with van der Waals surface area (Å²) in [6, 6.07) is 9.41. The van der Waals surface area contributed by atoms with Crippen molar-refractivity contribution in [3.8, 4) is 0 Å². The van der Waals surface area contributed by atoms with Gasteiger partial charge in [-0.1, -0.05) is 24.6 Å². The largest absolute Gasteiger partial charge is 0.354 e. The molecule has 2 aromatic heterocycles. The smallest absolute Gasteiger partial charge is 0.224 e. The molecule has 0 aliphatic rings. The number of carbonyl (C=O) groups excluding carboxylic acids is 1. The summed E-state index contributed by atoms with van der Waals surface area (Å²) in [4.78, 5) is 18.8. The molecule has 0 saturated heterocycles. The van der Waals surface area contributed by atoms with Gasteiger partial charge in [0, 0.05) is 29.4 Å². The second-order valence-corrected chi connectivity index (χ2v) is 5.24. The van der Waals surface area contributed by atoms with Gasteiger partial charge in [0.2, 0.25) is 5.91 Å². The number of carbonyl (C=O) groups is 1. The van der Waals surface area contributed by atoms with Crippen LogP contribution in [-0.2, 0) is 4.79 Å². The third-order valence-corrected chi connectivity index (χ3v) is 3.56. The number of nitrogens with one attached hydrogen (secondary N) is 3. The van der Waals surface area contributed by atoms with E-state index in [1.165, 1.54) is 0 Å². The molecule has 0 bridgehead atoms. The number of pyridine rings is 1. The molecule has 1 amide bonds. The number of aromatic nitrogens is 2. The van der Waals surface area contributed by atoms with Crippen molar-refractivity contribution < 1.29 is 4.79 Å². The van der Waals surface area contributed by atoms with Gasteiger partial charge in [-0.15, -0.1) is 0 Å². The zero-order valence-corrected chi connectivity index (χ0v) is 12.7. The fourth-order valence-electron chi connectivity index (χ4n) is 2.18. The monoisotopic (exact) mass is 314 g/mol. The molecule has 0 saturated carbocycles. The van der Waals surface area contributed by atoms with Gasteiger partial charge >= 0.3 is 0 Å². The summed E-state index contributed by atoms with van der Waals surface area (Å²) in [5.41, 5.74) is 3.13. The summed E-state index contributed by atoms with van der Waals surface area (Å²) < 4.78 is 0. The van der Waals surface area contributed by atoms with Crippen LogP contribution in [0.15, 0.2) is 42.7 Å². The highest BCUT2D eigenvalue weighted by molar-refractivity contribution is 6.34. The van der Waals surface area contributed by atoms with Crippen LogP contribution in [0.2, 0.25) is 5.02 Å². The minimum absolute atomic E-state index is 0.0212. The third-order valence-electron chi connectivity index (χ3n) is 3.28. The van der Waals surface area contributed by atoms with Crippen molar-refractivity contribution in [3.63, 3.8) is 0 Å². The first kappa shape index (κ1) is 14.4. The van der Waals surface area contributed by atoms with Crippen LogP contribution in [0.1, 0.15) is 13.3 Å². The normalized spacial score (nSPS) is 10.6. The van der Waals surface area contributed by atoms with Gasteiger partial charge in [-0.2, -0.15) is 0 Å². The van der Waals surface area contributed by atoms with Crippen molar-refractivity contribution >= 4 is 45.6 Å². The molecule has 0 atom stereocenters. The molecule has 0 fully saturated rings. The molecule has 112 valence electrons. The molecule has 0 unspecified atom stereocenters. The molecule has 22 heavy (non-hydrogen) atoms. The van der Waals surface area contributed by atoms with E-state index in [-0.39, 0.29) is 5.91 Å². The van der Waals surface area contributed by atoms with Gasteiger partial charge < -0.3 is 15.6 Å². The Morgan fingerprint density at radius 2 is 2.14 bits per heavy atom. The van der Waals surface area contributed by atoms with Gasteiger partial charge in [-0.3, -0.25) is 4.79 Å². The minimum Gasteiger partial charge on any atom is -0.354 e. The van der Waals surface area contributed by atoms with E-state index in [0.29, 0.717) is 11.4 Å². The maximum absolute atomic E-state index is 11.5. The van der Waals surface area contributed by atoms with Gasteiger partial charge in [-0.05, 0) is 24.3 Å². The van der Waals surface area contributed by atoms with Crippen molar-refractivity contribution in [2.45, 2.75) is 13.3 Å². The van der Waals surface area contributed by atoms with Crippen LogP contribution in [0.4, 0.5) is 17.1 Å². The summed E-state index contributed by atoms with van der Waals surface area (Å²) in [5, 5.41) is 7.57. The third kappa shape index (κ3) is 2.89. The predicted octanol–water partition coefficient (Wildman–Crippen LogP) is 4.31. The number of hydrogen-bond donors (Lipinski definition) is 3. The van der Waals surface area contributed by atoms with Gasteiger partial charge in [0.1, 0.15) is 5.65 Å². The van der Waals surface area contributed by atoms with E-state index in [2.05, 4.69) is 20.6 Å². The van der Waals surface area contributed by atoms with Crippen molar-refractivity contribution in [2.75, 3.05) is 10.6 Å². The van der Waals surface area contributed by atoms with Crippen molar-refractivity contribution in [1.82, 2.24) is 9.97 Å². The Balaban J connectivity index is 1.92. The molecule has 3 rings (SSSR count). The average Bonchev–Trinajstić information content (AvgIpc) is 2.99. The summed E-state index contributed by atoms with van der Waals surface area (Å²) in [5.74, 6) is -0.0212. The van der Waals surface area contributed by atoms with Crippen LogP contribution in [0.5, 0.6) is 0 Å². The summed E-state index contributed by atoms with van der Waals surface area (Å²) in [6.07, 6.45) is 3.86. The van der Waals surface area contributed by atoms with Crippen LogP contribution < -0.4 is 10.6 Å². The fourth-order valence-corrected chi connectivity index (χ4v) is 2.38. The second-order valence-electron chi connectivity index (χ2n) is 4.83. The van der Waals surface area contributed by atoms with Gasteiger partial charge in [0.25, 0.3) is 0 Å². The summed E-state index contributed by atoms with van der Waals surface area (Å²) >= 11 is 6.25. The van der Waals surface area contributed by atoms with Crippen LogP contribution in [0.25, 0.3) is 11.0 Å². The number of fused-ring (bicyclic) bond motifs is 1. The number of halogens is 1. The van der Waals surface area contributed by atoms with E-state index in [1.807, 2.05) is 43.5 Å². The fraction of sp³-hybridized carbons (Fsp3) is 0.125. The quantitative estimate of drug-likeness (QED) is 0.672. The Morgan fingerprint density at radius 1 is 1.32 bits per heavy atom. The van der Waals surface area contributed by atoms with Crippen LogP contribution in [-0.4, -0.2) is 15.9 Å². The molecule has 2 heterocycles. The molecule has 0 aliphatic heterocycles. The molecule has 5 nitrogen and oxygen atoms in total. The Labute approximate surface area is 132 Å². The van der Waals surface area contributed by atoms with Crippen LogP contribution in [0, 0.1) is 0 Å². The van der Waals surface area contributed by atoms with Crippen LogP contribution >= 0.6 is 11.6 Å². The Morgan fingerprint density at radius 3 is 2.95 bits per heavy atom. The highest BCUT2D eigenvalue weighted by atomic mass is 35.5. The molecule has 3 N–H and O–H groups in total. The molecule has 6 heteroatoms. The lowest BCUT2D eigenvalue weighted by molar-refractivity contribution is -0.115. The standard InChI is InChI=1S/C16H15ClN4O/c1-2-14(22)20-10-4-3-5-11(8-10)21-15-12-6-7-18-16(12)19-9-13(15)17/h3-9H,2H2,1H3,(H,20,22)(H2,18,19,21). The number of anilines is 3. The second kappa shape index (κ2) is 6.07. The zero-order valence-electron chi connectivity index (χ0n) is 12.0. The lowest BCUT2D eigenvalue weighted by atomic mass is 10.2. The summed E-state index contributed by atoms with van der Waals surface area (Å²) in [6.45, 7) is 1.82. The number of hydrogen-bond acceptors (Lipinski definition) is 3. The number of benzene rings is 1. The van der Waals surface area contributed by atoms with Crippen LogP contribution in [0.3, 0.4) is 0 Å². The number of amides is 1. The van der Waals surface area contributed by atoms with E-state index in [4.69, 9.17) is 11.6 Å². The summed E-state index contributed by atoms with van der Waals surface area (Å²) in [7, 11) is 0. The lowest BCUT2D eigenvalue weighted by Gasteiger charge is -2.11. The van der Waals surface area contributed by atoms with E-state index in [1.54, 1.807) is 6.20 Å². The topological polar surface area (TPSA) is 69.8 Å². The Kier molecular flexibility index (Phi) is 3.98. The van der Waals surface area contributed by atoms with E-state index in [0.717, 1.165) is 28.1 Å². The first-order valence-electron chi connectivity index (χ1n) is 6.96.